The summed E-state index contributed by atoms with van der Waals surface area (Å²) in [5.41, 5.74) is 4.73. The second-order valence-electron chi connectivity index (χ2n) is 6.57. The van der Waals surface area contributed by atoms with Gasteiger partial charge >= 0.3 is 0 Å². The van der Waals surface area contributed by atoms with Crippen LogP contribution < -0.4 is 14.4 Å². The van der Waals surface area contributed by atoms with Gasteiger partial charge in [0.25, 0.3) is 0 Å². The molecule has 1 atom stereocenters. The first-order valence-electron chi connectivity index (χ1n) is 8.66. The molecule has 2 heterocycles. The van der Waals surface area contributed by atoms with Crippen LogP contribution in [-0.2, 0) is 24.3 Å². The van der Waals surface area contributed by atoms with E-state index in [1.807, 2.05) is 18.2 Å². The van der Waals surface area contributed by atoms with Crippen molar-refractivity contribution in [2.24, 2.45) is 0 Å². The van der Waals surface area contributed by atoms with Crippen molar-refractivity contribution in [1.82, 2.24) is 4.90 Å². The van der Waals surface area contributed by atoms with Crippen molar-refractivity contribution in [3.63, 3.8) is 0 Å². The largest absolute Gasteiger partial charge is 0.493 e. The Hall–Kier alpha value is -1.95. The third-order valence-corrected chi connectivity index (χ3v) is 5.70. The minimum Gasteiger partial charge on any atom is -0.493 e. The maximum Gasteiger partial charge on any atom is 0.170 e. The summed E-state index contributed by atoms with van der Waals surface area (Å²) in [6, 6.07) is 8.18. The van der Waals surface area contributed by atoms with Crippen molar-refractivity contribution < 1.29 is 19.2 Å². The molecule has 2 aromatic rings. The minimum absolute atomic E-state index is 0.202. The van der Waals surface area contributed by atoms with Crippen LogP contribution in [0.4, 0.5) is 0 Å². The summed E-state index contributed by atoms with van der Waals surface area (Å²) in [5.74, 6) is 2.23. The average molecular weight is 376 g/mol. The third kappa shape index (κ3) is 2.71. The molecule has 0 N–H and O–H groups in total. The summed E-state index contributed by atoms with van der Waals surface area (Å²) in [6.07, 6.45) is 1.77. The lowest BCUT2D eigenvalue weighted by Gasteiger charge is -2.42. The van der Waals surface area contributed by atoms with Crippen LogP contribution in [0.3, 0.4) is 0 Å². The highest BCUT2D eigenvalue weighted by molar-refractivity contribution is 6.31. The normalized spacial score (nSPS) is 18.5. The highest BCUT2D eigenvalue weighted by Crippen LogP contribution is 2.48. The summed E-state index contributed by atoms with van der Waals surface area (Å²) < 4.78 is 11.1. The molecule has 0 amide bonds. The first kappa shape index (κ1) is 17.5. The van der Waals surface area contributed by atoms with E-state index in [4.69, 9.17) is 30.8 Å². The van der Waals surface area contributed by atoms with Gasteiger partial charge in [-0.15, -0.1) is 0 Å². The number of hydrogen-bond acceptors (Lipinski definition) is 5. The molecular weight excluding hydrogens is 354 g/mol. The van der Waals surface area contributed by atoms with Crippen LogP contribution in [0.25, 0.3) is 0 Å². The second-order valence-corrected chi connectivity index (χ2v) is 6.98. The van der Waals surface area contributed by atoms with Gasteiger partial charge in [0.05, 0.1) is 21.3 Å². The van der Waals surface area contributed by atoms with Crippen LogP contribution in [0.2, 0.25) is 5.02 Å². The number of benzene rings is 2. The van der Waals surface area contributed by atoms with Crippen LogP contribution >= 0.6 is 11.6 Å². The molecule has 0 saturated carbocycles. The van der Waals surface area contributed by atoms with E-state index < -0.39 is 0 Å². The number of hydrogen-bond donors (Lipinski definition) is 0. The molecule has 2 aliphatic heterocycles. The molecule has 2 aromatic carbocycles. The van der Waals surface area contributed by atoms with E-state index in [1.54, 1.807) is 14.2 Å². The van der Waals surface area contributed by atoms with E-state index in [1.165, 1.54) is 18.2 Å². The van der Waals surface area contributed by atoms with E-state index in [9.17, 15) is 0 Å². The SMILES string of the molecule is COOc1cccc2c1C1Cc3c(Cl)cc(OC)c(OC)c3CN1CC2. The van der Waals surface area contributed by atoms with Crippen LogP contribution in [-0.4, -0.2) is 32.8 Å². The van der Waals surface area contributed by atoms with Crippen LogP contribution in [0.5, 0.6) is 17.2 Å². The zero-order chi connectivity index (χ0) is 18.3. The Balaban J connectivity index is 1.82. The van der Waals surface area contributed by atoms with Gasteiger partial charge in [-0.1, -0.05) is 23.7 Å². The highest BCUT2D eigenvalue weighted by Gasteiger charge is 2.37. The zero-order valence-electron chi connectivity index (χ0n) is 15.2. The van der Waals surface area contributed by atoms with Crippen molar-refractivity contribution in [2.45, 2.75) is 25.4 Å². The summed E-state index contributed by atoms with van der Waals surface area (Å²) >= 11 is 6.60. The van der Waals surface area contributed by atoms with Gasteiger partial charge in [0, 0.05) is 41.3 Å². The van der Waals surface area contributed by atoms with Gasteiger partial charge in [0.1, 0.15) is 0 Å². The van der Waals surface area contributed by atoms with Crippen molar-refractivity contribution in [2.75, 3.05) is 27.9 Å². The van der Waals surface area contributed by atoms with Crippen molar-refractivity contribution in [3.8, 4) is 17.2 Å². The van der Waals surface area contributed by atoms with Crippen molar-refractivity contribution in [3.05, 3.63) is 51.5 Å². The van der Waals surface area contributed by atoms with Gasteiger partial charge in [-0.3, -0.25) is 4.90 Å². The van der Waals surface area contributed by atoms with Gasteiger partial charge in [0.15, 0.2) is 17.2 Å². The summed E-state index contributed by atoms with van der Waals surface area (Å²) in [6.45, 7) is 1.74. The van der Waals surface area contributed by atoms with E-state index in [0.29, 0.717) is 5.75 Å². The minimum atomic E-state index is 0.202. The smallest absolute Gasteiger partial charge is 0.170 e. The molecule has 6 heteroatoms. The van der Waals surface area contributed by atoms with Gasteiger partial charge in [-0.2, -0.15) is 4.89 Å². The lowest BCUT2D eigenvalue weighted by molar-refractivity contribution is -0.179. The third-order valence-electron chi connectivity index (χ3n) is 5.36. The fraction of sp³-hybridized carbons (Fsp3) is 0.400. The van der Waals surface area contributed by atoms with Crippen LogP contribution in [0, 0.1) is 0 Å². The lowest BCUT2D eigenvalue weighted by atomic mass is 9.83. The number of nitrogens with zero attached hydrogens (tertiary/aromatic N) is 1. The fourth-order valence-electron chi connectivity index (χ4n) is 4.23. The van der Waals surface area contributed by atoms with Crippen LogP contribution in [0.1, 0.15) is 28.3 Å². The number of rotatable bonds is 4. The first-order valence-corrected chi connectivity index (χ1v) is 9.04. The predicted octanol–water partition coefficient (Wildman–Crippen LogP) is 3.95. The molecule has 0 radical (unpaired) electrons. The summed E-state index contributed by atoms with van der Waals surface area (Å²) in [7, 11) is 4.84. The second kappa shape index (κ2) is 6.99. The first-order chi connectivity index (χ1) is 12.7. The Morgan fingerprint density at radius 3 is 2.65 bits per heavy atom. The predicted molar refractivity (Wildman–Crippen MR) is 99.2 cm³/mol. The standard InChI is InChI=1S/C20H22ClNO4/c1-23-18-10-15(21)13-9-16-19-12(5-4-6-17(19)26-25-3)7-8-22(16)11-14(13)20(18)24-2/h4-6,10,16H,7-9,11H2,1-3H3. The van der Waals surface area contributed by atoms with Gasteiger partial charge in [-0.25, -0.2) is 0 Å². The molecular formula is C20H22ClNO4. The molecule has 0 aromatic heterocycles. The summed E-state index contributed by atoms with van der Waals surface area (Å²) in [5, 5.41) is 0.717. The zero-order valence-corrected chi connectivity index (χ0v) is 15.9. The fourth-order valence-corrected chi connectivity index (χ4v) is 4.52. The molecule has 0 aliphatic carbocycles. The number of ether oxygens (including phenoxy) is 2. The van der Waals surface area contributed by atoms with Gasteiger partial charge in [0.2, 0.25) is 0 Å². The molecule has 0 bridgehead atoms. The van der Waals surface area contributed by atoms with Crippen LogP contribution in [0.15, 0.2) is 24.3 Å². The average Bonchev–Trinajstić information content (AvgIpc) is 2.66. The van der Waals surface area contributed by atoms with E-state index in [-0.39, 0.29) is 6.04 Å². The molecule has 2 aliphatic rings. The molecule has 0 spiro atoms. The Labute approximate surface area is 158 Å². The Bertz CT molecular complexity index is 839. The topological polar surface area (TPSA) is 40.2 Å². The number of fused-ring (bicyclic) bond motifs is 4. The van der Waals surface area contributed by atoms with Crippen molar-refractivity contribution >= 4 is 11.6 Å². The molecule has 0 fully saturated rings. The van der Waals surface area contributed by atoms with E-state index in [2.05, 4.69) is 11.0 Å². The Morgan fingerprint density at radius 1 is 1.08 bits per heavy atom. The molecule has 138 valence electrons. The molecule has 26 heavy (non-hydrogen) atoms. The number of methoxy groups -OCH3 is 2. The molecule has 4 rings (SSSR count). The highest BCUT2D eigenvalue weighted by atomic mass is 35.5. The molecule has 5 nitrogen and oxygen atoms in total. The maximum absolute atomic E-state index is 6.60. The Kier molecular flexibility index (Phi) is 4.69. The van der Waals surface area contributed by atoms with Crippen molar-refractivity contribution in [1.29, 1.82) is 0 Å². The molecule has 0 saturated heterocycles. The van der Waals surface area contributed by atoms with Gasteiger partial charge < -0.3 is 14.4 Å². The lowest BCUT2D eigenvalue weighted by Crippen LogP contribution is -2.39. The summed E-state index contributed by atoms with van der Waals surface area (Å²) in [4.78, 5) is 12.9. The van der Waals surface area contributed by atoms with E-state index >= 15 is 0 Å². The monoisotopic (exact) mass is 375 g/mol. The maximum atomic E-state index is 6.60. The van der Waals surface area contributed by atoms with Gasteiger partial charge in [-0.05, 0) is 30.0 Å². The molecule has 1 unspecified atom stereocenters. The Morgan fingerprint density at radius 2 is 1.92 bits per heavy atom. The number of halogens is 1. The quantitative estimate of drug-likeness (QED) is 0.597. The van der Waals surface area contributed by atoms with E-state index in [0.717, 1.165) is 53.6 Å².